The first-order valence-electron chi connectivity index (χ1n) is 12.5. The fourth-order valence-corrected chi connectivity index (χ4v) is 5.42. The van der Waals surface area contributed by atoms with Crippen molar-refractivity contribution in [3.05, 3.63) is 20.9 Å². The van der Waals surface area contributed by atoms with E-state index in [9.17, 15) is 24.0 Å². The number of ketones is 1. The summed E-state index contributed by atoms with van der Waals surface area (Å²) in [4.78, 5) is 74.1. The number of alkyl halides is 1. The molecule has 0 unspecified atom stereocenters. The van der Waals surface area contributed by atoms with E-state index in [1.165, 1.54) is 0 Å². The molecule has 1 saturated carbocycles. The van der Waals surface area contributed by atoms with Crippen molar-refractivity contribution in [2.45, 2.75) is 63.7 Å². The number of alkyl carbamates (subject to hydrolysis) is 1. The van der Waals surface area contributed by atoms with Gasteiger partial charge in [0.2, 0.25) is 18.8 Å². The van der Waals surface area contributed by atoms with E-state index >= 15 is 0 Å². The van der Waals surface area contributed by atoms with Crippen LogP contribution in [0.15, 0.2) is 15.2 Å². The molecule has 1 spiro atoms. The SMILES string of the molecule is CC(C)(C)OC(=O)NC1=N[C@]2(CN1C(=O)OC(C)(C)C)[C@@H](Cl)[C@H](CN=[N+]=[N-])[C@@H](CN=[N+]=[N-])[C@@H]2C(=O)CN(C=O)C=O. The molecule has 1 fully saturated rings. The van der Waals surface area contributed by atoms with Gasteiger partial charge < -0.3 is 9.47 Å². The highest BCUT2D eigenvalue weighted by molar-refractivity contribution is 6.23. The molecule has 224 valence electrons. The van der Waals surface area contributed by atoms with E-state index in [1.807, 2.05) is 0 Å². The maximum absolute atomic E-state index is 13.7. The number of ether oxygens (including phenoxy) is 2. The Morgan fingerprint density at radius 2 is 1.61 bits per heavy atom. The summed E-state index contributed by atoms with van der Waals surface area (Å²) in [6.07, 6.45) is -1.57. The maximum Gasteiger partial charge on any atom is 0.417 e. The fourth-order valence-electron chi connectivity index (χ4n) is 4.90. The normalized spacial score (nSPS) is 25.3. The van der Waals surface area contributed by atoms with E-state index in [0.717, 1.165) is 4.90 Å². The lowest BCUT2D eigenvalue weighted by atomic mass is 9.79. The van der Waals surface area contributed by atoms with Gasteiger partial charge in [-0.1, -0.05) is 10.2 Å². The van der Waals surface area contributed by atoms with Crippen molar-refractivity contribution in [3.63, 3.8) is 0 Å². The Bertz CT molecular complexity index is 1180. The van der Waals surface area contributed by atoms with Gasteiger partial charge in [0.1, 0.15) is 16.7 Å². The van der Waals surface area contributed by atoms with Crippen molar-refractivity contribution in [1.82, 2.24) is 15.1 Å². The van der Waals surface area contributed by atoms with E-state index in [1.54, 1.807) is 41.5 Å². The first-order chi connectivity index (χ1) is 19.0. The number of imide groups is 1. The molecule has 0 saturated heterocycles. The highest BCUT2D eigenvalue weighted by atomic mass is 35.5. The standard InChI is InChI=1S/C23H33ClN10O7/c1-21(2,3)40-19(38)29-18-30-23(10-34(18)20(39)41-22(4,5)6)16(15(37)9-33(11-35)12-36)13(7-27-31-25)14(17(23)24)8-28-32-26/h11-14,16-17H,7-10H2,1-6H3,(H,29,30,38)/t13-,14-,16-,17+,23+/m1/s1. The molecule has 0 bridgehead atoms. The van der Waals surface area contributed by atoms with Gasteiger partial charge in [0.25, 0.3) is 0 Å². The number of aliphatic imine (C=N–C) groups is 1. The molecule has 2 rings (SSSR count). The molecular formula is C23H33ClN10O7. The maximum atomic E-state index is 13.7. The number of rotatable bonds is 9. The second-order valence-corrected chi connectivity index (χ2v) is 12.0. The number of carbonyl (C=O) groups excluding carboxylic acids is 5. The van der Waals surface area contributed by atoms with Gasteiger partial charge in [0.15, 0.2) is 5.78 Å². The van der Waals surface area contributed by atoms with Gasteiger partial charge in [-0.25, -0.2) is 19.5 Å². The molecule has 1 N–H and O–H groups in total. The van der Waals surface area contributed by atoms with Crippen LogP contribution in [0.1, 0.15) is 41.5 Å². The molecule has 0 aromatic rings. The van der Waals surface area contributed by atoms with Crippen LogP contribution in [-0.4, -0.2) is 94.8 Å². The molecule has 17 nitrogen and oxygen atoms in total. The topological polar surface area (TPSA) is 232 Å². The van der Waals surface area contributed by atoms with E-state index in [0.29, 0.717) is 4.90 Å². The zero-order valence-corrected chi connectivity index (χ0v) is 24.3. The number of amides is 4. The van der Waals surface area contributed by atoms with Crippen LogP contribution in [0.5, 0.6) is 0 Å². The summed E-state index contributed by atoms with van der Waals surface area (Å²) in [5, 5.41) is 8.50. The average molecular weight is 597 g/mol. The van der Waals surface area contributed by atoms with E-state index in [2.05, 4.69) is 30.4 Å². The Balaban J connectivity index is 2.74. The summed E-state index contributed by atoms with van der Waals surface area (Å²) in [6.45, 7) is 8.17. The van der Waals surface area contributed by atoms with Crippen LogP contribution in [-0.2, 0) is 23.9 Å². The van der Waals surface area contributed by atoms with Gasteiger partial charge in [-0.15, -0.1) is 11.6 Å². The number of hydrogen-bond donors (Lipinski definition) is 1. The van der Waals surface area contributed by atoms with Gasteiger partial charge in [0.05, 0.1) is 24.4 Å². The smallest absolute Gasteiger partial charge is 0.417 e. The molecule has 1 aliphatic carbocycles. The van der Waals surface area contributed by atoms with Crippen molar-refractivity contribution >= 4 is 48.4 Å². The van der Waals surface area contributed by atoms with E-state index < -0.39 is 64.4 Å². The van der Waals surface area contributed by atoms with Gasteiger partial charge in [-0.05, 0) is 64.4 Å². The second kappa shape index (κ2) is 13.1. The summed E-state index contributed by atoms with van der Waals surface area (Å²) >= 11 is 6.95. The first-order valence-corrected chi connectivity index (χ1v) is 12.9. The minimum atomic E-state index is -1.69. The van der Waals surface area contributed by atoms with Crippen LogP contribution >= 0.6 is 11.6 Å². The number of halogens is 1. The van der Waals surface area contributed by atoms with Crippen LogP contribution in [0, 0.1) is 17.8 Å². The largest absolute Gasteiger partial charge is 0.444 e. The highest BCUT2D eigenvalue weighted by Gasteiger charge is 2.65. The van der Waals surface area contributed by atoms with Crippen molar-refractivity contribution in [3.8, 4) is 0 Å². The van der Waals surface area contributed by atoms with Crippen LogP contribution in [0.25, 0.3) is 20.9 Å². The molecule has 1 heterocycles. The highest BCUT2D eigenvalue weighted by Crippen LogP contribution is 2.53. The molecule has 0 radical (unpaired) electrons. The molecule has 41 heavy (non-hydrogen) atoms. The van der Waals surface area contributed by atoms with Crippen LogP contribution in [0.3, 0.4) is 0 Å². The molecule has 4 amide bonds. The lowest BCUT2D eigenvalue weighted by Crippen LogP contribution is -2.52. The zero-order chi connectivity index (χ0) is 31.2. The summed E-state index contributed by atoms with van der Waals surface area (Å²) in [5.74, 6) is -3.98. The molecule has 0 aromatic heterocycles. The lowest BCUT2D eigenvalue weighted by Gasteiger charge is -2.33. The van der Waals surface area contributed by atoms with Crippen molar-refractivity contribution in [2.75, 3.05) is 26.2 Å². The van der Waals surface area contributed by atoms with E-state index in [-0.39, 0.29) is 38.4 Å². The third-order valence-electron chi connectivity index (χ3n) is 6.25. The third-order valence-corrected chi connectivity index (χ3v) is 6.95. The Morgan fingerprint density at radius 1 is 1.07 bits per heavy atom. The first kappa shape index (κ1) is 33.1. The zero-order valence-electron chi connectivity index (χ0n) is 23.6. The number of carbonyl (C=O) groups is 5. The predicted molar refractivity (Wildman–Crippen MR) is 144 cm³/mol. The minimum Gasteiger partial charge on any atom is -0.444 e. The summed E-state index contributed by atoms with van der Waals surface area (Å²) in [7, 11) is 0. The number of nitrogens with zero attached hydrogens (tertiary/aromatic N) is 9. The van der Waals surface area contributed by atoms with Crippen molar-refractivity contribution in [1.29, 1.82) is 0 Å². The predicted octanol–water partition coefficient (Wildman–Crippen LogP) is 3.13. The Hall–Kier alpha value is -4.07. The molecule has 0 aromatic carbocycles. The van der Waals surface area contributed by atoms with Crippen LogP contribution in [0.2, 0.25) is 0 Å². The fraction of sp³-hybridized carbons (Fsp3) is 0.739. The Morgan fingerprint density at radius 3 is 2.10 bits per heavy atom. The van der Waals surface area contributed by atoms with Gasteiger partial charge >= 0.3 is 12.2 Å². The summed E-state index contributed by atoms with van der Waals surface area (Å²) in [6, 6.07) is 0. The van der Waals surface area contributed by atoms with Gasteiger partial charge in [-0.2, -0.15) is 0 Å². The monoisotopic (exact) mass is 596 g/mol. The third kappa shape index (κ3) is 7.99. The quantitative estimate of drug-likeness (QED) is 0.137. The van der Waals surface area contributed by atoms with Crippen molar-refractivity contribution in [2.24, 2.45) is 33.0 Å². The number of guanidine groups is 1. The van der Waals surface area contributed by atoms with Crippen molar-refractivity contribution < 1.29 is 33.4 Å². The number of hydrogen-bond acceptors (Lipinski definition) is 10. The lowest BCUT2D eigenvalue weighted by molar-refractivity contribution is -0.137. The molecule has 18 heteroatoms. The van der Waals surface area contributed by atoms with E-state index in [4.69, 9.17) is 32.1 Å². The van der Waals surface area contributed by atoms with Crippen LogP contribution < -0.4 is 5.32 Å². The summed E-state index contributed by atoms with van der Waals surface area (Å²) in [5.41, 5.74) is 14.4. The Kier molecular flexibility index (Phi) is 10.6. The second-order valence-electron chi connectivity index (χ2n) is 11.5. The van der Waals surface area contributed by atoms with Gasteiger partial charge in [0, 0.05) is 22.9 Å². The molecule has 1 aliphatic heterocycles. The number of Topliss-reactive ketones (excluding diaryl/α,β-unsaturated/α-hetero) is 1. The van der Waals surface area contributed by atoms with Gasteiger partial charge in [-0.3, -0.25) is 24.6 Å². The average Bonchev–Trinajstić information content (AvgIpc) is 3.32. The van der Waals surface area contributed by atoms with Crippen LogP contribution in [0.4, 0.5) is 9.59 Å². The summed E-state index contributed by atoms with van der Waals surface area (Å²) < 4.78 is 10.8. The number of azide groups is 2. The number of nitrogens with one attached hydrogen (secondary N) is 1. The molecule has 2 aliphatic rings. The molecular weight excluding hydrogens is 564 g/mol. The Labute approximate surface area is 240 Å². The minimum absolute atomic E-state index is 0.158. The molecule has 5 atom stereocenters.